The molecule has 0 aromatic heterocycles. The van der Waals surface area contributed by atoms with E-state index in [1.807, 2.05) is 18.7 Å². The molecular formula is C15H25NOS. The van der Waals surface area contributed by atoms with Crippen molar-refractivity contribution in [3.05, 3.63) is 29.8 Å². The minimum atomic E-state index is -0.176. The third-order valence-corrected chi connectivity index (χ3v) is 4.06. The molecule has 0 amide bonds. The Kier molecular flexibility index (Phi) is 7.40. The van der Waals surface area contributed by atoms with Gasteiger partial charge in [0.2, 0.25) is 0 Å². The Morgan fingerprint density at radius 1 is 1.28 bits per heavy atom. The van der Waals surface area contributed by atoms with Crippen molar-refractivity contribution in [2.24, 2.45) is 0 Å². The van der Waals surface area contributed by atoms with Gasteiger partial charge in [-0.25, -0.2) is 0 Å². The van der Waals surface area contributed by atoms with E-state index in [0.29, 0.717) is 6.04 Å². The number of hydrogen-bond acceptors (Lipinski definition) is 3. The molecule has 3 heteroatoms. The molecule has 1 aromatic rings. The first-order valence-corrected chi connectivity index (χ1v) is 7.80. The van der Waals surface area contributed by atoms with Crippen molar-refractivity contribution in [2.75, 3.05) is 12.3 Å². The van der Waals surface area contributed by atoms with Crippen LogP contribution in [0.1, 0.15) is 45.2 Å². The fourth-order valence-electron chi connectivity index (χ4n) is 1.91. The van der Waals surface area contributed by atoms with Crippen LogP contribution in [0.2, 0.25) is 0 Å². The van der Waals surface area contributed by atoms with E-state index in [1.54, 1.807) is 0 Å². The van der Waals surface area contributed by atoms with Crippen molar-refractivity contribution < 1.29 is 5.11 Å². The van der Waals surface area contributed by atoms with Crippen LogP contribution in [0.15, 0.2) is 29.2 Å². The van der Waals surface area contributed by atoms with Crippen LogP contribution >= 0.6 is 11.8 Å². The highest BCUT2D eigenvalue weighted by atomic mass is 32.2. The number of hydrogen-bond donors (Lipinski definition) is 2. The lowest BCUT2D eigenvalue weighted by atomic mass is 10.1. The molecule has 0 fully saturated rings. The second-order valence-corrected chi connectivity index (χ2v) is 5.80. The van der Waals surface area contributed by atoms with Gasteiger partial charge in [0.1, 0.15) is 0 Å². The number of thioether (sulfide) groups is 1. The predicted molar refractivity (Wildman–Crippen MR) is 80.2 cm³/mol. The summed E-state index contributed by atoms with van der Waals surface area (Å²) in [6.07, 6.45) is 1.48. The van der Waals surface area contributed by atoms with E-state index in [1.165, 1.54) is 10.5 Å². The van der Waals surface area contributed by atoms with Crippen molar-refractivity contribution in [2.45, 2.75) is 50.7 Å². The molecule has 0 saturated heterocycles. The molecule has 0 aliphatic carbocycles. The topological polar surface area (TPSA) is 32.3 Å². The van der Waals surface area contributed by atoms with Crippen LogP contribution in [0.5, 0.6) is 0 Å². The van der Waals surface area contributed by atoms with E-state index >= 15 is 0 Å². The summed E-state index contributed by atoms with van der Waals surface area (Å²) in [5, 5.41) is 13.0. The molecule has 1 aromatic carbocycles. The summed E-state index contributed by atoms with van der Waals surface area (Å²) in [5.74, 6) is 1.10. The summed E-state index contributed by atoms with van der Waals surface area (Å²) in [4.78, 5) is 1.36. The van der Waals surface area contributed by atoms with Gasteiger partial charge in [-0.15, -0.1) is 11.8 Å². The molecule has 1 rings (SSSR count). The number of aliphatic hydroxyl groups excluding tert-OH is 1. The largest absolute Gasteiger partial charge is 0.393 e. The van der Waals surface area contributed by atoms with Crippen molar-refractivity contribution in [1.29, 1.82) is 0 Å². The Labute approximate surface area is 115 Å². The highest BCUT2D eigenvalue weighted by Crippen LogP contribution is 2.27. The van der Waals surface area contributed by atoms with Crippen molar-refractivity contribution in [3.8, 4) is 0 Å². The molecule has 18 heavy (non-hydrogen) atoms. The number of benzene rings is 1. The molecule has 0 aliphatic rings. The molecule has 0 spiro atoms. The first-order valence-electron chi connectivity index (χ1n) is 6.82. The Balaban J connectivity index is 2.52. The molecule has 0 heterocycles. The third-order valence-electron chi connectivity index (χ3n) is 3.08. The normalized spacial score (nSPS) is 14.4. The minimum absolute atomic E-state index is 0.176. The van der Waals surface area contributed by atoms with Gasteiger partial charge in [0, 0.05) is 10.9 Å². The van der Waals surface area contributed by atoms with E-state index < -0.39 is 0 Å². The zero-order valence-electron chi connectivity index (χ0n) is 11.6. The smallest absolute Gasteiger partial charge is 0.0549 e. The Hall–Kier alpha value is -0.510. The first kappa shape index (κ1) is 15.5. The Morgan fingerprint density at radius 3 is 2.67 bits per heavy atom. The lowest BCUT2D eigenvalue weighted by Gasteiger charge is -2.18. The van der Waals surface area contributed by atoms with Gasteiger partial charge in [-0.2, -0.15) is 0 Å². The maximum Gasteiger partial charge on any atom is 0.0549 e. The molecule has 0 aliphatic heterocycles. The highest BCUT2D eigenvalue weighted by molar-refractivity contribution is 7.99. The van der Waals surface area contributed by atoms with Crippen LogP contribution < -0.4 is 5.32 Å². The fraction of sp³-hybridized carbons (Fsp3) is 0.600. The molecule has 2 nitrogen and oxygen atoms in total. The average Bonchev–Trinajstić information content (AvgIpc) is 2.39. The van der Waals surface area contributed by atoms with E-state index in [2.05, 4.69) is 43.4 Å². The van der Waals surface area contributed by atoms with E-state index in [0.717, 1.165) is 25.1 Å². The van der Waals surface area contributed by atoms with Gasteiger partial charge in [0.05, 0.1) is 6.10 Å². The summed E-state index contributed by atoms with van der Waals surface area (Å²) in [7, 11) is 0. The lowest BCUT2D eigenvalue weighted by molar-refractivity contribution is 0.158. The monoisotopic (exact) mass is 267 g/mol. The number of aliphatic hydroxyl groups is 1. The summed E-state index contributed by atoms with van der Waals surface area (Å²) >= 11 is 1.89. The van der Waals surface area contributed by atoms with Crippen LogP contribution in [0.25, 0.3) is 0 Å². The van der Waals surface area contributed by atoms with Crippen LogP contribution in [-0.2, 0) is 0 Å². The number of nitrogens with one attached hydrogen (secondary N) is 1. The maximum atomic E-state index is 9.54. The minimum Gasteiger partial charge on any atom is -0.393 e. The van der Waals surface area contributed by atoms with Gasteiger partial charge in [0.15, 0.2) is 0 Å². The maximum absolute atomic E-state index is 9.54. The van der Waals surface area contributed by atoms with Crippen LogP contribution in [0, 0.1) is 0 Å². The van der Waals surface area contributed by atoms with Gasteiger partial charge >= 0.3 is 0 Å². The van der Waals surface area contributed by atoms with Crippen molar-refractivity contribution in [1.82, 2.24) is 5.32 Å². The van der Waals surface area contributed by atoms with Crippen molar-refractivity contribution >= 4 is 11.8 Å². The average molecular weight is 267 g/mol. The molecule has 102 valence electrons. The quantitative estimate of drug-likeness (QED) is 0.706. The summed E-state index contributed by atoms with van der Waals surface area (Å²) in [5.41, 5.74) is 1.36. The zero-order chi connectivity index (χ0) is 13.4. The molecular weight excluding hydrogens is 242 g/mol. The highest BCUT2D eigenvalue weighted by Gasteiger charge is 2.10. The Morgan fingerprint density at radius 2 is 2.00 bits per heavy atom. The fourth-order valence-corrected chi connectivity index (χ4v) is 2.80. The summed E-state index contributed by atoms with van der Waals surface area (Å²) < 4.78 is 0. The van der Waals surface area contributed by atoms with Gasteiger partial charge in [-0.1, -0.05) is 32.0 Å². The third kappa shape index (κ3) is 5.01. The first-order chi connectivity index (χ1) is 8.69. The lowest BCUT2D eigenvalue weighted by Crippen LogP contribution is -2.23. The van der Waals surface area contributed by atoms with E-state index in [-0.39, 0.29) is 6.10 Å². The summed E-state index contributed by atoms with van der Waals surface area (Å²) in [6.45, 7) is 7.24. The van der Waals surface area contributed by atoms with Gasteiger partial charge in [-0.3, -0.25) is 0 Å². The SMILES string of the molecule is CCSc1ccccc1C(C)NCCC(O)CC. The van der Waals surface area contributed by atoms with Gasteiger partial charge in [-0.05, 0) is 43.7 Å². The van der Waals surface area contributed by atoms with Crippen LogP contribution in [0.3, 0.4) is 0 Å². The van der Waals surface area contributed by atoms with Gasteiger partial charge < -0.3 is 10.4 Å². The summed E-state index contributed by atoms with van der Waals surface area (Å²) in [6, 6.07) is 8.89. The standard InChI is InChI=1S/C15H25NOS/c1-4-13(17)10-11-16-12(3)14-8-6-7-9-15(14)18-5-2/h6-9,12-13,16-17H,4-5,10-11H2,1-3H3. The molecule has 0 radical (unpaired) electrons. The van der Waals surface area contributed by atoms with E-state index in [9.17, 15) is 5.11 Å². The van der Waals surface area contributed by atoms with Crippen LogP contribution in [-0.4, -0.2) is 23.5 Å². The molecule has 0 saturated carbocycles. The van der Waals surface area contributed by atoms with E-state index in [4.69, 9.17) is 0 Å². The number of rotatable bonds is 8. The molecule has 0 bridgehead atoms. The molecule has 2 N–H and O–H groups in total. The molecule has 2 unspecified atom stereocenters. The molecule has 2 atom stereocenters. The second-order valence-electron chi connectivity index (χ2n) is 4.50. The second kappa shape index (κ2) is 8.57. The zero-order valence-corrected chi connectivity index (χ0v) is 12.5. The predicted octanol–water partition coefficient (Wildman–Crippen LogP) is 3.61. The Bertz CT molecular complexity index is 343. The van der Waals surface area contributed by atoms with Gasteiger partial charge in [0.25, 0.3) is 0 Å². The van der Waals surface area contributed by atoms with Crippen molar-refractivity contribution in [3.63, 3.8) is 0 Å². The van der Waals surface area contributed by atoms with Crippen LogP contribution in [0.4, 0.5) is 0 Å².